The number of hydrogen-bond acceptors (Lipinski definition) is 4. The summed E-state index contributed by atoms with van der Waals surface area (Å²) in [7, 11) is 3.52. The van der Waals surface area contributed by atoms with Gasteiger partial charge in [-0.05, 0) is 50.2 Å². The maximum absolute atomic E-state index is 12.1. The van der Waals surface area contributed by atoms with Crippen LogP contribution in [0.3, 0.4) is 0 Å². The Balaban J connectivity index is 0.00000242. The van der Waals surface area contributed by atoms with Gasteiger partial charge in [0.25, 0.3) is 0 Å². The highest BCUT2D eigenvalue weighted by Gasteiger charge is 2.21. The molecule has 1 amide bonds. The van der Waals surface area contributed by atoms with Crippen molar-refractivity contribution in [3.8, 4) is 11.5 Å². The molecule has 1 aromatic carbocycles. The second kappa shape index (κ2) is 9.54. The van der Waals surface area contributed by atoms with Gasteiger partial charge >= 0.3 is 0 Å². The first-order valence-corrected chi connectivity index (χ1v) is 7.44. The fourth-order valence-corrected chi connectivity index (χ4v) is 2.50. The molecule has 0 radical (unpaired) electrons. The molecule has 0 aromatic heterocycles. The summed E-state index contributed by atoms with van der Waals surface area (Å²) in [6, 6.07) is 7.75. The molecule has 1 heterocycles. The number of carbonyl (C=O) groups excluding carboxylic acids is 1. The van der Waals surface area contributed by atoms with Crippen molar-refractivity contribution in [2.24, 2.45) is 0 Å². The van der Waals surface area contributed by atoms with Crippen LogP contribution < -0.4 is 14.8 Å². The van der Waals surface area contributed by atoms with E-state index in [2.05, 4.69) is 5.32 Å². The van der Waals surface area contributed by atoms with Crippen molar-refractivity contribution < 1.29 is 14.3 Å². The molecule has 0 saturated carbocycles. The lowest BCUT2D eigenvalue weighted by atomic mass is 10.1. The largest absolute Gasteiger partial charge is 0.497 e. The second-order valence-corrected chi connectivity index (χ2v) is 5.26. The summed E-state index contributed by atoms with van der Waals surface area (Å²) in [6.07, 6.45) is 2.47. The minimum Gasteiger partial charge on any atom is -0.497 e. The second-order valence-electron chi connectivity index (χ2n) is 5.26. The van der Waals surface area contributed by atoms with E-state index in [9.17, 15) is 4.79 Å². The lowest BCUT2D eigenvalue weighted by Gasteiger charge is -2.31. The fraction of sp³-hybridized carbons (Fsp3) is 0.562. The Morgan fingerprint density at radius 1 is 1.23 bits per heavy atom. The van der Waals surface area contributed by atoms with Crippen LogP contribution in [0.25, 0.3) is 0 Å². The molecule has 0 unspecified atom stereocenters. The molecule has 0 atom stereocenters. The van der Waals surface area contributed by atoms with Gasteiger partial charge in [0.05, 0.1) is 20.1 Å². The van der Waals surface area contributed by atoms with Crippen LogP contribution in [-0.4, -0.2) is 50.7 Å². The van der Waals surface area contributed by atoms with Crippen LogP contribution in [-0.2, 0) is 4.79 Å². The number of halogens is 1. The predicted octanol–water partition coefficient (Wildman–Crippen LogP) is 2.10. The first-order chi connectivity index (χ1) is 10.2. The van der Waals surface area contributed by atoms with Gasteiger partial charge in [0.1, 0.15) is 11.5 Å². The number of benzene rings is 1. The quantitative estimate of drug-likeness (QED) is 0.869. The number of piperidine rings is 1. The van der Waals surface area contributed by atoms with E-state index in [0.29, 0.717) is 19.1 Å². The van der Waals surface area contributed by atoms with Crippen molar-refractivity contribution in [2.45, 2.75) is 25.3 Å². The van der Waals surface area contributed by atoms with Crippen LogP contribution in [0.1, 0.15) is 19.3 Å². The number of methoxy groups -OCH3 is 1. The lowest BCUT2D eigenvalue weighted by molar-refractivity contribution is -0.132. The zero-order valence-electron chi connectivity index (χ0n) is 13.2. The molecule has 22 heavy (non-hydrogen) atoms. The lowest BCUT2D eigenvalue weighted by Crippen LogP contribution is -2.44. The number of nitrogens with one attached hydrogen (secondary N) is 1. The number of nitrogens with zero attached hydrogens (tertiary/aromatic N) is 1. The van der Waals surface area contributed by atoms with E-state index in [0.717, 1.165) is 37.4 Å². The topological polar surface area (TPSA) is 50.8 Å². The van der Waals surface area contributed by atoms with E-state index in [4.69, 9.17) is 9.47 Å². The summed E-state index contributed by atoms with van der Waals surface area (Å²) < 4.78 is 10.7. The molecule has 1 saturated heterocycles. The highest BCUT2D eigenvalue weighted by molar-refractivity contribution is 5.85. The minimum atomic E-state index is 0. The molecule has 1 N–H and O–H groups in total. The van der Waals surface area contributed by atoms with Gasteiger partial charge in [-0.2, -0.15) is 0 Å². The molecular weight excluding hydrogens is 304 g/mol. The van der Waals surface area contributed by atoms with Crippen molar-refractivity contribution in [2.75, 3.05) is 33.9 Å². The molecule has 2 rings (SSSR count). The van der Waals surface area contributed by atoms with E-state index in [1.54, 1.807) is 7.11 Å². The van der Waals surface area contributed by atoms with Crippen LogP contribution in [0, 0.1) is 0 Å². The summed E-state index contributed by atoms with van der Waals surface area (Å²) in [5, 5.41) is 3.31. The van der Waals surface area contributed by atoms with Gasteiger partial charge < -0.3 is 19.7 Å². The van der Waals surface area contributed by atoms with E-state index in [1.165, 1.54) is 0 Å². The third-order valence-electron chi connectivity index (χ3n) is 3.89. The van der Waals surface area contributed by atoms with Crippen LogP contribution >= 0.6 is 12.4 Å². The van der Waals surface area contributed by atoms with Crippen LogP contribution in [0.2, 0.25) is 0 Å². The van der Waals surface area contributed by atoms with Crippen LogP contribution in [0.4, 0.5) is 0 Å². The molecule has 1 aromatic rings. The minimum absolute atomic E-state index is 0. The molecule has 5 nitrogen and oxygen atoms in total. The molecule has 6 heteroatoms. The predicted molar refractivity (Wildman–Crippen MR) is 89.0 cm³/mol. The van der Waals surface area contributed by atoms with Crippen molar-refractivity contribution in [1.29, 1.82) is 0 Å². The molecule has 1 aliphatic rings. The maximum atomic E-state index is 12.1. The third kappa shape index (κ3) is 5.39. The zero-order valence-corrected chi connectivity index (χ0v) is 14.0. The average molecular weight is 329 g/mol. The number of carbonyl (C=O) groups is 1. The van der Waals surface area contributed by atoms with E-state index >= 15 is 0 Å². The summed E-state index contributed by atoms with van der Waals surface area (Å²) in [5.41, 5.74) is 0. The standard InChI is InChI=1S/C16H24N2O3.ClH/c1-18(13-7-10-17-11-8-13)16(19)9-12-21-15-5-3-14(20-2)4-6-15;/h3-6,13,17H,7-12H2,1-2H3;1H. The normalized spacial score (nSPS) is 14.8. The van der Waals surface area contributed by atoms with Gasteiger partial charge in [-0.25, -0.2) is 0 Å². The summed E-state index contributed by atoms with van der Waals surface area (Å²) in [5.74, 6) is 1.70. The molecule has 0 bridgehead atoms. The first kappa shape index (κ1) is 18.6. The van der Waals surface area contributed by atoms with Gasteiger partial charge in [0.2, 0.25) is 5.91 Å². The van der Waals surface area contributed by atoms with Gasteiger partial charge in [-0.1, -0.05) is 0 Å². The van der Waals surface area contributed by atoms with Crippen molar-refractivity contribution in [3.63, 3.8) is 0 Å². The fourth-order valence-electron chi connectivity index (χ4n) is 2.50. The molecule has 124 valence electrons. The first-order valence-electron chi connectivity index (χ1n) is 7.44. The average Bonchev–Trinajstić information content (AvgIpc) is 2.55. The Labute approximate surface area is 138 Å². The van der Waals surface area contributed by atoms with E-state index < -0.39 is 0 Å². The monoisotopic (exact) mass is 328 g/mol. The Bertz CT molecular complexity index is 447. The highest BCUT2D eigenvalue weighted by atomic mass is 35.5. The van der Waals surface area contributed by atoms with Gasteiger partial charge in [0.15, 0.2) is 0 Å². The summed E-state index contributed by atoms with van der Waals surface area (Å²) in [6.45, 7) is 2.38. The van der Waals surface area contributed by atoms with E-state index in [-0.39, 0.29) is 18.3 Å². The molecule has 0 aliphatic carbocycles. The molecule has 1 fully saturated rings. The number of amides is 1. The molecular formula is C16H25ClN2O3. The number of rotatable bonds is 6. The number of hydrogen-bond donors (Lipinski definition) is 1. The van der Waals surface area contributed by atoms with Crippen LogP contribution in [0.5, 0.6) is 11.5 Å². The highest BCUT2D eigenvalue weighted by Crippen LogP contribution is 2.17. The SMILES string of the molecule is COc1ccc(OCCC(=O)N(C)C2CCNCC2)cc1.Cl. The Morgan fingerprint density at radius 2 is 1.82 bits per heavy atom. The smallest absolute Gasteiger partial charge is 0.225 e. The Hall–Kier alpha value is -1.46. The third-order valence-corrected chi connectivity index (χ3v) is 3.89. The van der Waals surface area contributed by atoms with Gasteiger partial charge in [0, 0.05) is 13.1 Å². The molecule has 0 spiro atoms. The van der Waals surface area contributed by atoms with E-state index in [1.807, 2.05) is 36.2 Å². The Kier molecular flexibility index (Phi) is 8.06. The Morgan fingerprint density at radius 3 is 2.41 bits per heavy atom. The van der Waals surface area contributed by atoms with Gasteiger partial charge in [-0.15, -0.1) is 12.4 Å². The van der Waals surface area contributed by atoms with Crippen molar-refractivity contribution >= 4 is 18.3 Å². The van der Waals surface area contributed by atoms with Crippen molar-refractivity contribution in [1.82, 2.24) is 10.2 Å². The molecule has 1 aliphatic heterocycles. The summed E-state index contributed by atoms with van der Waals surface area (Å²) >= 11 is 0. The number of ether oxygens (including phenoxy) is 2. The maximum Gasteiger partial charge on any atom is 0.225 e. The van der Waals surface area contributed by atoms with Crippen LogP contribution in [0.15, 0.2) is 24.3 Å². The van der Waals surface area contributed by atoms with Gasteiger partial charge in [-0.3, -0.25) is 4.79 Å². The van der Waals surface area contributed by atoms with Crippen molar-refractivity contribution in [3.05, 3.63) is 24.3 Å². The summed E-state index contributed by atoms with van der Waals surface area (Å²) in [4.78, 5) is 14.0. The zero-order chi connectivity index (χ0) is 15.1.